The van der Waals surface area contributed by atoms with Crippen LogP contribution in [0.2, 0.25) is 0 Å². The summed E-state index contributed by atoms with van der Waals surface area (Å²) in [6.07, 6.45) is 0.737. The first-order valence-corrected chi connectivity index (χ1v) is 6.42. The lowest BCUT2D eigenvalue weighted by Gasteiger charge is -2.13. The molecule has 18 heavy (non-hydrogen) atoms. The number of nitrogens with zero attached hydrogens (tertiary/aromatic N) is 2. The van der Waals surface area contributed by atoms with E-state index < -0.39 is 0 Å². The zero-order valence-electron chi connectivity index (χ0n) is 11.4. The third kappa shape index (κ3) is 2.50. The van der Waals surface area contributed by atoms with Gasteiger partial charge in [0.1, 0.15) is 5.82 Å². The summed E-state index contributed by atoms with van der Waals surface area (Å²) in [4.78, 5) is 0. The van der Waals surface area contributed by atoms with Crippen LogP contribution in [0.4, 0.5) is 4.39 Å². The van der Waals surface area contributed by atoms with Crippen molar-refractivity contribution in [1.82, 2.24) is 0 Å². The lowest BCUT2D eigenvalue weighted by atomic mass is 9.91. The van der Waals surface area contributed by atoms with Crippen molar-refractivity contribution in [3.63, 3.8) is 0 Å². The van der Waals surface area contributed by atoms with Crippen LogP contribution in [0.15, 0.2) is 28.4 Å². The summed E-state index contributed by atoms with van der Waals surface area (Å²) in [6, 6.07) is 4.94. The fourth-order valence-corrected chi connectivity index (χ4v) is 2.12. The Morgan fingerprint density at radius 2 is 1.78 bits per heavy atom. The highest BCUT2D eigenvalue weighted by Crippen LogP contribution is 2.25. The Balaban J connectivity index is 2.33. The maximum atomic E-state index is 13.4. The van der Waals surface area contributed by atoms with Gasteiger partial charge in [0.05, 0.1) is 5.71 Å². The molecule has 0 atom stereocenters. The van der Waals surface area contributed by atoms with Gasteiger partial charge in [0, 0.05) is 17.7 Å². The average molecular weight is 246 g/mol. The molecule has 0 amide bonds. The van der Waals surface area contributed by atoms with Crippen molar-refractivity contribution in [2.45, 2.75) is 40.0 Å². The summed E-state index contributed by atoms with van der Waals surface area (Å²) in [7, 11) is 0. The molecule has 0 fully saturated rings. The Morgan fingerprint density at radius 1 is 1.06 bits per heavy atom. The second-order valence-corrected chi connectivity index (χ2v) is 5.36. The highest BCUT2D eigenvalue weighted by molar-refractivity contribution is 6.16. The van der Waals surface area contributed by atoms with Gasteiger partial charge in [-0.15, -0.1) is 0 Å². The molecule has 1 aromatic rings. The first kappa shape index (κ1) is 12.9. The number of benzene rings is 1. The second kappa shape index (κ2) is 5.01. The normalized spacial score (nSPS) is 15.3. The molecule has 0 aliphatic carbocycles. The fourth-order valence-electron chi connectivity index (χ4n) is 2.12. The smallest absolute Gasteiger partial charge is 0.123 e. The molecule has 3 heteroatoms. The van der Waals surface area contributed by atoms with Crippen LogP contribution < -0.4 is 0 Å². The molecule has 1 aliphatic heterocycles. The highest BCUT2D eigenvalue weighted by atomic mass is 19.1. The number of rotatable bonds is 3. The van der Waals surface area contributed by atoms with Crippen molar-refractivity contribution in [2.75, 3.05) is 0 Å². The first-order chi connectivity index (χ1) is 8.49. The standard InChI is InChI=1S/C15H19FN2/c1-9(2)12-6-5-11(16)7-13(12)15-8-14(10(3)4)17-18-15/h5-7,9-10H,8H2,1-4H3. The Morgan fingerprint density at radius 3 is 2.33 bits per heavy atom. The van der Waals surface area contributed by atoms with Crippen molar-refractivity contribution < 1.29 is 4.39 Å². The predicted octanol–water partition coefficient (Wildman–Crippen LogP) is 4.15. The molecule has 1 aliphatic rings. The number of hydrogen-bond donors (Lipinski definition) is 0. The summed E-state index contributed by atoms with van der Waals surface area (Å²) < 4.78 is 13.4. The van der Waals surface area contributed by atoms with E-state index in [0.29, 0.717) is 11.8 Å². The minimum absolute atomic E-state index is 0.213. The summed E-state index contributed by atoms with van der Waals surface area (Å²) in [5.41, 5.74) is 4.01. The summed E-state index contributed by atoms with van der Waals surface area (Å²) in [5.74, 6) is 0.531. The number of hydrogen-bond acceptors (Lipinski definition) is 2. The molecule has 2 nitrogen and oxygen atoms in total. The van der Waals surface area contributed by atoms with Gasteiger partial charge in [-0.3, -0.25) is 0 Å². The van der Waals surface area contributed by atoms with Gasteiger partial charge in [0.25, 0.3) is 0 Å². The molecule has 0 saturated carbocycles. The molecule has 0 spiro atoms. The van der Waals surface area contributed by atoms with Crippen LogP contribution in [-0.2, 0) is 0 Å². The molecule has 0 N–H and O–H groups in total. The summed E-state index contributed by atoms with van der Waals surface area (Å²) >= 11 is 0. The van der Waals surface area contributed by atoms with Gasteiger partial charge in [-0.25, -0.2) is 4.39 Å². The Labute approximate surface area is 108 Å². The van der Waals surface area contributed by atoms with Gasteiger partial charge in [-0.05, 0) is 29.5 Å². The van der Waals surface area contributed by atoms with E-state index in [1.54, 1.807) is 6.07 Å². The van der Waals surface area contributed by atoms with E-state index in [1.807, 2.05) is 6.07 Å². The molecule has 2 rings (SSSR count). The van der Waals surface area contributed by atoms with E-state index in [0.717, 1.165) is 29.0 Å². The van der Waals surface area contributed by atoms with Gasteiger partial charge < -0.3 is 0 Å². The van der Waals surface area contributed by atoms with E-state index in [4.69, 9.17) is 0 Å². The summed E-state index contributed by atoms with van der Waals surface area (Å²) in [5, 5.41) is 8.44. The summed E-state index contributed by atoms with van der Waals surface area (Å²) in [6.45, 7) is 8.42. The lowest BCUT2D eigenvalue weighted by molar-refractivity contribution is 0.626. The average Bonchev–Trinajstić information content (AvgIpc) is 2.77. The maximum Gasteiger partial charge on any atom is 0.123 e. The molecule has 0 radical (unpaired) electrons. The van der Waals surface area contributed by atoms with Gasteiger partial charge in [-0.2, -0.15) is 10.2 Å². The maximum absolute atomic E-state index is 13.4. The number of halogens is 1. The van der Waals surface area contributed by atoms with Crippen molar-refractivity contribution >= 4 is 11.4 Å². The highest BCUT2D eigenvalue weighted by Gasteiger charge is 2.20. The van der Waals surface area contributed by atoms with Crippen LogP contribution in [0, 0.1) is 11.7 Å². The van der Waals surface area contributed by atoms with Gasteiger partial charge in [0.2, 0.25) is 0 Å². The molecule has 96 valence electrons. The first-order valence-electron chi connectivity index (χ1n) is 6.42. The van der Waals surface area contributed by atoms with Crippen molar-refractivity contribution in [3.05, 3.63) is 35.1 Å². The third-order valence-corrected chi connectivity index (χ3v) is 3.26. The molecule has 1 heterocycles. The molecule has 0 saturated heterocycles. The van der Waals surface area contributed by atoms with Crippen molar-refractivity contribution in [3.8, 4) is 0 Å². The SMILES string of the molecule is CC(C)C1=NN=C(c2cc(F)ccc2C(C)C)C1. The van der Waals surface area contributed by atoms with Crippen molar-refractivity contribution in [1.29, 1.82) is 0 Å². The van der Waals surface area contributed by atoms with Crippen LogP contribution in [-0.4, -0.2) is 11.4 Å². The van der Waals surface area contributed by atoms with E-state index in [9.17, 15) is 4.39 Å². The van der Waals surface area contributed by atoms with Gasteiger partial charge in [-0.1, -0.05) is 33.8 Å². The Hall–Kier alpha value is -1.51. The third-order valence-electron chi connectivity index (χ3n) is 3.26. The van der Waals surface area contributed by atoms with Crippen LogP contribution in [0.5, 0.6) is 0 Å². The quantitative estimate of drug-likeness (QED) is 0.765. The van der Waals surface area contributed by atoms with E-state index in [1.165, 1.54) is 6.07 Å². The Kier molecular flexibility index (Phi) is 3.60. The molecule has 1 aromatic carbocycles. The van der Waals surface area contributed by atoms with Crippen LogP contribution in [0.3, 0.4) is 0 Å². The van der Waals surface area contributed by atoms with E-state index in [-0.39, 0.29) is 5.82 Å². The molecule has 0 unspecified atom stereocenters. The topological polar surface area (TPSA) is 24.7 Å². The minimum atomic E-state index is -0.213. The van der Waals surface area contributed by atoms with E-state index in [2.05, 4.69) is 37.9 Å². The van der Waals surface area contributed by atoms with Crippen LogP contribution in [0.25, 0.3) is 0 Å². The van der Waals surface area contributed by atoms with E-state index >= 15 is 0 Å². The van der Waals surface area contributed by atoms with Crippen LogP contribution in [0.1, 0.15) is 51.2 Å². The Bertz CT molecular complexity index is 513. The lowest BCUT2D eigenvalue weighted by Crippen LogP contribution is -2.12. The fraction of sp³-hybridized carbons (Fsp3) is 0.467. The largest absolute Gasteiger partial charge is 0.207 e. The molecular formula is C15H19FN2. The molecule has 0 bridgehead atoms. The minimum Gasteiger partial charge on any atom is -0.207 e. The second-order valence-electron chi connectivity index (χ2n) is 5.36. The van der Waals surface area contributed by atoms with Gasteiger partial charge >= 0.3 is 0 Å². The zero-order valence-corrected chi connectivity index (χ0v) is 11.4. The van der Waals surface area contributed by atoms with Crippen molar-refractivity contribution in [2.24, 2.45) is 16.1 Å². The zero-order chi connectivity index (χ0) is 13.3. The molecular weight excluding hydrogens is 227 g/mol. The monoisotopic (exact) mass is 246 g/mol. The predicted molar refractivity (Wildman–Crippen MR) is 73.9 cm³/mol. The molecule has 0 aromatic heterocycles. The van der Waals surface area contributed by atoms with Crippen LogP contribution >= 0.6 is 0 Å². The van der Waals surface area contributed by atoms with Gasteiger partial charge in [0.15, 0.2) is 0 Å².